The number of rotatable bonds is 4. The van der Waals surface area contributed by atoms with Crippen molar-refractivity contribution in [2.24, 2.45) is 7.05 Å². The van der Waals surface area contributed by atoms with Crippen LogP contribution in [0.3, 0.4) is 0 Å². The fourth-order valence-electron chi connectivity index (χ4n) is 1.78. The number of aromatic nitrogens is 2. The van der Waals surface area contributed by atoms with Crippen LogP contribution < -0.4 is 4.74 Å². The van der Waals surface area contributed by atoms with Gasteiger partial charge in [0.15, 0.2) is 0 Å². The van der Waals surface area contributed by atoms with Gasteiger partial charge < -0.3 is 9.84 Å². The largest absolute Gasteiger partial charge is 0.496 e. The lowest BCUT2D eigenvalue weighted by Gasteiger charge is -2.10. The normalized spacial score (nSPS) is 12.4. The molecule has 0 aliphatic heterocycles. The van der Waals surface area contributed by atoms with Gasteiger partial charge in [0.25, 0.3) is 0 Å². The van der Waals surface area contributed by atoms with Crippen LogP contribution in [0.1, 0.15) is 17.4 Å². The second-order valence-corrected chi connectivity index (χ2v) is 4.96. The Morgan fingerprint density at radius 3 is 2.78 bits per heavy atom. The van der Waals surface area contributed by atoms with E-state index in [4.69, 9.17) is 4.74 Å². The van der Waals surface area contributed by atoms with E-state index in [1.54, 1.807) is 11.8 Å². The lowest BCUT2D eigenvalue weighted by atomic mass is 10.1. The molecule has 0 bridgehead atoms. The summed E-state index contributed by atoms with van der Waals surface area (Å²) in [6.45, 7) is 0. The van der Waals surface area contributed by atoms with Gasteiger partial charge in [-0.3, -0.25) is 4.68 Å². The van der Waals surface area contributed by atoms with Crippen LogP contribution in [0, 0.1) is 0 Å². The molecular formula is C13H15BrN2O2. The molecule has 2 rings (SSSR count). The van der Waals surface area contributed by atoms with E-state index in [9.17, 15) is 5.11 Å². The lowest BCUT2D eigenvalue weighted by Crippen LogP contribution is -2.03. The Kier molecular flexibility index (Phi) is 4.04. The van der Waals surface area contributed by atoms with Crippen LogP contribution in [-0.4, -0.2) is 22.0 Å². The summed E-state index contributed by atoms with van der Waals surface area (Å²) >= 11 is 3.43. The molecule has 1 unspecified atom stereocenters. The summed E-state index contributed by atoms with van der Waals surface area (Å²) < 4.78 is 7.74. The van der Waals surface area contributed by atoms with Crippen molar-refractivity contribution in [3.05, 3.63) is 46.2 Å². The molecule has 1 aromatic heterocycles. The number of nitrogens with zero attached hydrogens (tertiary/aromatic N) is 2. The van der Waals surface area contributed by atoms with Crippen molar-refractivity contribution in [3.8, 4) is 5.75 Å². The number of aryl methyl sites for hydroxylation is 1. The van der Waals surface area contributed by atoms with Crippen LogP contribution in [0.4, 0.5) is 0 Å². The van der Waals surface area contributed by atoms with Crippen molar-refractivity contribution in [3.63, 3.8) is 0 Å². The molecule has 0 saturated carbocycles. The molecule has 1 aromatic carbocycles. The minimum Gasteiger partial charge on any atom is -0.496 e. The lowest BCUT2D eigenvalue weighted by molar-refractivity contribution is 0.172. The Hall–Kier alpha value is -1.33. The summed E-state index contributed by atoms with van der Waals surface area (Å²) in [6.07, 6.45) is 1.76. The summed E-state index contributed by atoms with van der Waals surface area (Å²) in [7, 11) is 3.46. The maximum absolute atomic E-state index is 10.1. The number of aliphatic hydroxyl groups is 1. The number of benzene rings is 1. The molecule has 18 heavy (non-hydrogen) atoms. The quantitative estimate of drug-likeness (QED) is 0.943. The second kappa shape index (κ2) is 5.54. The van der Waals surface area contributed by atoms with E-state index in [1.807, 2.05) is 37.5 Å². The summed E-state index contributed by atoms with van der Waals surface area (Å²) in [5.41, 5.74) is 1.71. The molecule has 0 spiro atoms. The summed E-state index contributed by atoms with van der Waals surface area (Å²) in [4.78, 5) is 0. The first-order valence-electron chi connectivity index (χ1n) is 5.60. The van der Waals surface area contributed by atoms with Crippen LogP contribution >= 0.6 is 15.9 Å². The highest BCUT2D eigenvalue weighted by Crippen LogP contribution is 2.27. The average molecular weight is 311 g/mol. The Morgan fingerprint density at radius 1 is 1.44 bits per heavy atom. The predicted molar refractivity (Wildman–Crippen MR) is 72.6 cm³/mol. The third-order valence-electron chi connectivity index (χ3n) is 2.72. The Bertz CT molecular complexity index is 540. The Morgan fingerprint density at radius 2 is 2.22 bits per heavy atom. The molecule has 0 amide bonds. The van der Waals surface area contributed by atoms with Gasteiger partial charge >= 0.3 is 0 Å². The summed E-state index contributed by atoms with van der Waals surface area (Å²) in [6, 6.07) is 7.59. The fourth-order valence-corrected chi connectivity index (χ4v) is 2.36. The van der Waals surface area contributed by atoms with E-state index < -0.39 is 6.10 Å². The number of hydrogen-bond acceptors (Lipinski definition) is 3. The molecule has 96 valence electrons. The van der Waals surface area contributed by atoms with Crippen molar-refractivity contribution in [1.29, 1.82) is 0 Å². The molecule has 2 aromatic rings. The van der Waals surface area contributed by atoms with Crippen molar-refractivity contribution in [1.82, 2.24) is 9.78 Å². The fraction of sp³-hybridized carbons (Fsp3) is 0.308. The van der Waals surface area contributed by atoms with Gasteiger partial charge in [0, 0.05) is 19.7 Å². The van der Waals surface area contributed by atoms with Gasteiger partial charge in [-0.1, -0.05) is 6.07 Å². The van der Waals surface area contributed by atoms with Gasteiger partial charge in [0.2, 0.25) is 0 Å². The first kappa shape index (κ1) is 13.1. The average Bonchev–Trinajstić information content (AvgIpc) is 2.76. The van der Waals surface area contributed by atoms with Gasteiger partial charge in [-0.2, -0.15) is 5.10 Å². The van der Waals surface area contributed by atoms with E-state index in [2.05, 4.69) is 21.0 Å². The predicted octanol–water partition coefficient (Wildman–Crippen LogP) is 2.47. The zero-order valence-electron chi connectivity index (χ0n) is 10.3. The molecule has 1 atom stereocenters. The SMILES string of the molecule is COc1ccc(CC(O)c2ccn(C)n2)cc1Br. The van der Waals surface area contributed by atoms with E-state index >= 15 is 0 Å². The van der Waals surface area contributed by atoms with Crippen molar-refractivity contribution in [2.45, 2.75) is 12.5 Å². The highest BCUT2D eigenvalue weighted by atomic mass is 79.9. The second-order valence-electron chi connectivity index (χ2n) is 4.10. The van der Waals surface area contributed by atoms with E-state index in [0.717, 1.165) is 15.8 Å². The molecular weight excluding hydrogens is 296 g/mol. The van der Waals surface area contributed by atoms with E-state index in [1.165, 1.54) is 0 Å². The Balaban J connectivity index is 2.12. The van der Waals surface area contributed by atoms with E-state index in [0.29, 0.717) is 12.1 Å². The third-order valence-corrected chi connectivity index (χ3v) is 3.34. The molecule has 0 aliphatic rings. The van der Waals surface area contributed by atoms with Crippen LogP contribution in [0.15, 0.2) is 34.9 Å². The smallest absolute Gasteiger partial charge is 0.133 e. The molecule has 0 saturated heterocycles. The van der Waals surface area contributed by atoms with Gasteiger partial charge in [0.05, 0.1) is 17.3 Å². The third kappa shape index (κ3) is 2.91. The summed E-state index contributed by atoms with van der Waals surface area (Å²) in [5.74, 6) is 0.783. The number of aliphatic hydroxyl groups excluding tert-OH is 1. The zero-order valence-corrected chi connectivity index (χ0v) is 11.9. The standard InChI is InChI=1S/C13H15BrN2O2/c1-16-6-5-11(15-16)12(17)8-9-3-4-13(18-2)10(14)7-9/h3-7,12,17H,8H2,1-2H3. The van der Waals surface area contributed by atoms with Crippen molar-refractivity contribution >= 4 is 15.9 Å². The Labute approximate surface area is 114 Å². The van der Waals surface area contributed by atoms with Gasteiger partial charge in [0.1, 0.15) is 11.9 Å². The van der Waals surface area contributed by atoms with Crippen LogP contribution in [0.5, 0.6) is 5.75 Å². The van der Waals surface area contributed by atoms with Crippen molar-refractivity contribution in [2.75, 3.05) is 7.11 Å². The van der Waals surface area contributed by atoms with Gasteiger partial charge in [-0.25, -0.2) is 0 Å². The summed E-state index contributed by atoms with van der Waals surface area (Å²) in [5, 5.41) is 14.3. The maximum atomic E-state index is 10.1. The molecule has 5 heteroatoms. The molecule has 1 N–H and O–H groups in total. The molecule has 4 nitrogen and oxygen atoms in total. The van der Waals surface area contributed by atoms with Crippen LogP contribution in [-0.2, 0) is 13.5 Å². The molecule has 1 heterocycles. The molecule has 0 radical (unpaired) electrons. The maximum Gasteiger partial charge on any atom is 0.133 e. The zero-order chi connectivity index (χ0) is 13.1. The first-order chi connectivity index (χ1) is 8.60. The van der Waals surface area contributed by atoms with Crippen molar-refractivity contribution < 1.29 is 9.84 Å². The topological polar surface area (TPSA) is 47.3 Å². The van der Waals surface area contributed by atoms with E-state index in [-0.39, 0.29) is 0 Å². The minimum absolute atomic E-state index is 0.527. The first-order valence-corrected chi connectivity index (χ1v) is 6.39. The highest BCUT2D eigenvalue weighted by molar-refractivity contribution is 9.10. The van der Waals surface area contributed by atoms with Gasteiger partial charge in [-0.05, 0) is 39.7 Å². The number of ether oxygens (including phenoxy) is 1. The minimum atomic E-state index is -0.591. The highest BCUT2D eigenvalue weighted by Gasteiger charge is 2.12. The van der Waals surface area contributed by atoms with Gasteiger partial charge in [-0.15, -0.1) is 0 Å². The number of hydrogen-bond donors (Lipinski definition) is 1. The number of methoxy groups -OCH3 is 1. The monoisotopic (exact) mass is 310 g/mol. The van der Waals surface area contributed by atoms with Crippen LogP contribution in [0.2, 0.25) is 0 Å². The molecule has 0 fully saturated rings. The number of halogens is 1. The van der Waals surface area contributed by atoms with Crippen LogP contribution in [0.25, 0.3) is 0 Å². The molecule has 0 aliphatic carbocycles.